The molecule has 1 saturated carbocycles. The highest BCUT2D eigenvalue weighted by molar-refractivity contribution is 5.76. The third-order valence-corrected chi connectivity index (χ3v) is 4.76. The van der Waals surface area contributed by atoms with Gasteiger partial charge >= 0.3 is 5.97 Å². The largest absolute Gasteiger partial charge is 0.493 e. The Labute approximate surface area is 118 Å². The zero-order valence-corrected chi connectivity index (χ0v) is 11.6. The van der Waals surface area contributed by atoms with Crippen LogP contribution in [0, 0.1) is 11.3 Å². The monoisotopic (exact) mass is 275 g/mol. The molecule has 0 spiro atoms. The fraction of sp³-hybridized carbons (Fsp3) is 0.562. The predicted octanol–water partition coefficient (Wildman–Crippen LogP) is 1.99. The molecule has 1 unspecified atom stereocenters. The van der Waals surface area contributed by atoms with Crippen molar-refractivity contribution in [2.45, 2.75) is 32.1 Å². The molecule has 1 aliphatic heterocycles. The van der Waals surface area contributed by atoms with Crippen LogP contribution in [0.15, 0.2) is 18.2 Å². The molecule has 1 atom stereocenters. The Morgan fingerprint density at radius 1 is 1.45 bits per heavy atom. The Morgan fingerprint density at radius 2 is 2.25 bits per heavy atom. The number of fused-ring (bicyclic) bond motifs is 1. The molecule has 1 fully saturated rings. The van der Waals surface area contributed by atoms with Crippen LogP contribution in [0.1, 0.15) is 30.4 Å². The standard InChI is InChI=1S/C16H21NO3/c17-10-16(15(18)19,13-2-3-13)7-5-11-1-4-14-12(9-11)6-8-20-14/h1,4,9,13H,2-3,5-8,10,17H2,(H,18,19). The van der Waals surface area contributed by atoms with Crippen LogP contribution in [0.3, 0.4) is 0 Å². The number of carboxylic acid groups (broad SMARTS) is 1. The van der Waals surface area contributed by atoms with Gasteiger partial charge in [0.15, 0.2) is 0 Å². The number of ether oxygens (including phenoxy) is 1. The zero-order valence-electron chi connectivity index (χ0n) is 11.6. The summed E-state index contributed by atoms with van der Waals surface area (Å²) < 4.78 is 5.49. The van der Waals surface area contributed by atoms with E-state index in [1.54, 1.807) is 0 Å². The highest BCUT2D eigenvalue weighted by Gasteiger charge is 2.49. The van der Waals surface area contributed by atoms with E-state index in [9.17, 15) is 9.90 Å². The molecule has 1 aromatic rings. The molecule has 108 valence electrons. The van der Waals surface area contributed by atoms with Gasteiger partial charge in [-0.15, -0.1) is 0 Å². The minimum absolute atomic E-state index is 0.237. The lowest BCUT2D eigenvalue weighted by Crippen LogP contribution is -2.41. The smallest absolute Gasteiger partial charge is 0.311 e. The second kappa shape index (κ2) is 5.09. The van der Waals surface area contributed by atoms with Crippen LogP contribution in [-0.2, 0) is 17.6 Å². The van der Waals surface area contributed by atoms with E-state index >= 15 is 0 Å². The number of aliphatic carboxylic acids is 1. The minimum Gasteiger partial charge on any atom is -0.493 e. The van der Waals surface area contributed by atoms with E-state index in [1.807, 2.05) is 12.1 Å². The summed E-state index contributed by atoms with van der Waals surface area (Å²) in [5.74, 6) is 0.508. The van der Waals surface area contributed by atoms with Crippen LogP contribution in [0.5, 0.6) is 5.75 Å². The molecule has 20 heavy (non-hydrogen) atoms. The Hall–Kier alpha value is -1.55. The van der Waals surface area contributed by atoms with Crippen molar-refractivity contribution in [1.82, 2.24) is 0 Å². The summed E-state index contributed by atoms with van der Waals surface area (Å²) in [5, 5.41) is 9.57. The summed E-state index contributed by atoms with van der Waals surface area (Å²) in [6.07, 6.45) is 4.35. The molecule has 1 heterocycles. The van der Waals surface area contributed by atoms with E-state index in [4.69, 9.17) is 10.5 Å². The summed E-state index contributed by atoms with van der Waals surface area (Å²) in [5.41, 5.74) is 7.50. The van der Waals surface area contributed by atoms with Crippen molar-refractivity contribution in [3.63, 3.8) is 0 Å². The first-order valence-corrected chi connectivity index (χ1v) is 7.34. The van der Waals surface area contributed by atoms with Crippen molar-refractivity contribution < 1.29 is 14.6 Å². The van der Waals surface area contributed by atoms with E-state index < -0.39 is 11.4 Å². The lowest BCUT2D eigenvalue weighted by atomic mass is 9.77. The SMILES string of the molecule is NCC(CCc1ccc2c(c1)CCO2)(C(=O)O)C1CC1. The summed E-state index contributed by atoms with van der Waals surface area (Å²) in [7, 11) is 0. The maximum Gasteiger partial charge on any atom is 0.311 e. The Balaban J connectivity index is 1.73. The van der Waals surface area contributed by atoms with Crippen LogP contribution >= 0.6 is 0 Å². The number of hydrogen-bond donors (Lipinski definition) is 2. The van der Waals surface area contributed by atoms with Crippen molar-refractivity contribution >= 4 is 5.97 Å². The van der Waals surface area contributed by atoms with Gasteiger partial charge in [0.1, 0.15) is 5.75 Å². The molecule has 0 aromatic heterocycles. The van der Waals surface area contributed by atoms with Gasteiger partial charge in [-0.3, -0.25) is 4.79 Å². The number of rotatable bonds is 6. The van der Waals surface area contributed by atoms with Gasteiger partial charge in [-0.25, -0.2) is 0 Å². The minimum atomic E-state index is -0.730. The average molecular weight is 275 g/mol. The molecule has 1 aromatic carbocycles. The van der Waals surface area contributed by atoms with E-state index in [1.165, 1.54) is 11.1 Å². The molecule has 1 aliphatic carbocycles. The van der Waals surface area contributed by atoms with E-state index in [0.29, 0.717) is 6.42 Å². The number of nitrogens with two attached hydrogens (primary N) is 1. The molecule has 2 aliphatic rings. The van der Waals surface area contributed by atoms with Crippen molar-refractivity contribution in [1.29, 1.82) is 0 Å². The third-order valence-electron chi connectivity index (χ3n) is 4.76. The third kappa shape index (κ3) is 2.29. The zero-order chi connectivity index (χ0) is 14.2. The fourth-order valence-electron chi connectivity index (χ4n) is 3.24. The second-order valence-electron chi connectivity index (χ2n) is 5.98. The Morgan fingerprint density at radius 3 is 2.90 bits per heavy atom. The van der Waals surface area contributed by atoms with Gasteiger partial charge in [-0.2, -0.15) is 0 Å². The van der Waals surface area contributed by atoms with Crippen LogP contribution < -0.4 is 10.5 Å². The maximum atomic E-state index is 11.6. The van der Waals surface area contributed by atoms with Crippen LogP contribution in [0.25, 0.3) is 0 Å². The quantitative estimate of drug-likeness (QED) is 0.833. The predicted molar refractivity (Wildman–Crippen MR) is 75.8 cm³/mol. The summed E-state index contributed by atoms with van der Waals surface area (Å²) in [6, 6.07) is 6.19. The number of benzene rings is 1. The lowest BCUT2D eigenvalue weighted by Gasteiger charge is -2.28. The van der Waals surface area contributed by atoms with E-state index in [-0.39, 0.29) is 12.5 Å². The first-order valence-electron chi connectivity index (χ1n) is 7.34. The van der Waals surface area contributed by atoms with Crippen LogP contribution in [-0.4, -0.2) is 24.2 Å². The van der Waals surface area contributed by atoms with Gasteiger partial charge in [0.2, 0.25) is 0 Å². The van der Waals surface area contributed by atoms with Gasteiger partial charge in [-0.1, -0.05) is 12.1 Å². The van der Waals surface area contributed by atoms with Gasteiger partial charge in [0, 0.05) is 13.0 Å². The van der Waals surface area contributed by atoms with Crippen LogP contribution in [0.4, 0.5) is 0 Å². The van der Waals surface area contributed by atoms with Crippen molar-refractivity contribution in [3.05, 3.63) is 29.3 Å². The highest BCUT2D eigenvalue weighted by atomic mass is 16.5. The van der Waals surface area contributed by atoms with E-state index in [0.717, 1.165) is 38.0 Å². The topological polar surface area (TPSA) is 72.5 Å². The number of hydrogen-bond acceptors (Lipinski definition) is 3. The number of carbonyl (C=O) groups is 1. The maximum absolute atomic E-state index is 11.6. The number of aryl methyl sites for hydroxylation is 1. The van der Waals surface area contributed by atoms with Crippen molar-refractivity contribution in [2.24, 2.45) is 17.1 Å². The normalized spacial score (nSPS) is 20.1. The molecular formula is C16H21NO3. The van der Waals surface area contributed by atoms with Gasteiger partial charge in [0.25, 0.3) is 0 Å². The lowest BCUT2D eigenvalue weighted by molar-refractivity contribution is -0.150. The molecule has 0 amide bonds. The van der Waals surface area contributed by atoms with Gasteiger partial charge in [0.05, 0.1) is 12.0 Å². The first kappa shape index (κ1) is 13.4. The molecule has 3 rings (SSSR count). The molecule has 4 heteroatoms. The summed E-state index contributed by atoms with van der Waals surface area (Å²) >= 11 is 0. The van der Waals surface area contributed by atoms with Crippen molar-refractivity contribution in [2.75, 3.05) is 13.2 Å². The highest BCUT2D eigenvalue weighted by Crippen LogP contribution is 2.48. The number of carboxylic acids is 1. The van der Waals surface area contributed by atoms with Gasteiger partial charge < -0.3 is 15.6 Å². The van der Waals surface area contributed by atoms with Gasteiger partial charge in [-0.05, 0) is 48.8 Å². The molecule has 0 saturated heterocycles. The molecule has 4 nitrogen and oxygen atoms in total. The second-order valence-corrected chi connectivity index (χ2v) is 5.98. The fourth-order valence-corrected chi connectivity index (χ4v) is 3.24. The molecular weight excluding hydrogens is 254 g/mol. The molecule has 3 N–H and O–H groups in total. The molecule has 0 radical (unpaired) electrons. The average Bonchev–Trinajstić information content (AvgIpc) is 3.18. The molecule has 0 bridgehead atoms. The Kier molecular flexibility index (Phi) is 3.42. The first-order chi connectivity index (χ1) is 9.65. The summed E-state index contributed by atoms with van der Waals surface area (Å²) in [4.78, 5) is 11.6. The van der Waals surface area contributed by atoms with Crippen molar-refractivity contribution in [3.8, 4) is 5.75 Å². The van der Waals surface area contributed by atoms with Crippen LogP contribution in [0.2, 0.25) is 0 Å². The Bertz CT molecular complexity index is 524. The summed E-state index contributed by atoms with van der Waals surface area (Å²) in [6.45, 7) is 0.990. The van der Waals surface area contributed by atoms with E-state index in [2.05, 4.69) is 6.07 Å².